The molecule has 1 aliphatic carbocycles. The van der Waals surface area contributed by atoms with Crippen LogP contribution in [0.4, 0.5) is 8.78 Å². The standard InChI is InChI=1S/C20H16Cl2F2N2O5S/c21-10-5-14(24)17(25-8-10)20(3-4-20)19(29)26-9-12(7-15(26)18(27)28)32(30,31)16-2-1-11(23)6-13(16)22/h1-2,5-6,8,12,15H,3-4,7,9H2,(H,27,28)/t12-,15-/m0/s1. The Kier molecular flexibility index (Phi) is 5.67. The van der Waals surface area contributed by atoms with Crippen LogP contribution in [-0.2, 0) is 24.8 Å². The number of rotatable bonds is 5. The first-order valence-electron chi connectivity index (χ1n) is 9.52. The molecule has 1 saturated carbocycles. The minimum atomic E-state index is -4.19. The van der Waals surface area contributed by atoms with Crippen molar-refractivity contribution in [1.29, 1.82) is 0 Å². The molecule has 1 aromatic carbocycles. The molecule has 1 N–H and O–H groups in total. The topological polar surface area (TPSA) is 105 Å². The number of carboxylic acid groups (broad SMARTS) is 1. The summed E-state index contributed by atoms with van der Waals surface area (Å²) in [6, 6.07) is 2.35. The predicted octanol–water partition coefficient (Wildman–Crippen LogP) is 3.23. The number of halogens is 4. The van der Waals surface area contributed by atoms with Crippen LogP contribution in [-0.4, -0.2) is 53.1 Å². The number of aromatic nitrogens is 1. The van der Waals surface area contributed by atoms with E-state index in [0.29, 0.717) is 0 Å². The van der Waals surface area contributed by atoms with Crippen LogP contribution in [0.1, 0.15) is 25.0 Å². The van der Waals surface area contributed by atoms with E-state index in [-0.39, 0.29) is 39.9 Å². The van der Waals surface area contributed by atoms with Gasteiger partial charge in [-0.1, -0.05) is 23.2 Å². The molecule has 1 saturated heterocycles. The third-order valence-corrected chi connectivity index (χ3v) is 8.69. The molecule has 1 aliphatic heterocycles. The second-order valence-electron chi connectivity index (χ2n) is 7.86. The highest BCUT2D eigenvalue weighted by Crippen LogP contribution is 2.51. The number of carbonyl (C=O) groups excluding carboxylic acids is 1. The third kappa shape index (κ3) is 3.74. The predicted molar refractivity (Wildman–Crippen MR) is 110 cm³/mol. The van der Waals surface area contributed by atoms with Crippen LogP contribution >= 0.6 is 23.2 Å². The monoisotopic (exact) mass is 504 g/mol. The Bertz CT molecular complexity index is 1240. The van der Waals surface area contributed by atoms with E-state index in [2.05, 4.69) is 4.98 Å². The lowest BCUT2D eigenvalue weighted by atomic mass is 9.98. The van der Waals surface area contributed by atoms with Gasteiger partial charge in [0.15, 0.2) is 9.84 Å². The second kappa shape index (κ2) is 7.93. The Hall–Kier alpha value is -2.30. The lowest BCUT2D eigenvalue weighted by Crippen LogP contribution is -2.46. The molecule has 170 valence electrons. The molecule has 2 fully saturated rings. The van der Waals surface area contributed by atoms with E-state index < -0.39 is 56.6 Å². The maximum atomic E-state index is 14.5. The summed E-state index contributed by atoms with van der Waals surface area (Å²) in [4.78, 5) is 29.8. The number of carboxylic acids is 1. The van der Waals surface area contributed by atoms with Crippen molar-refractivity contribution in [3.63, 3.8) is 0 Å². The number of pyridine rings is 1. The van der Waals surface area contributed by atoms with Gasteiger partial charge in [-0.15, -0.1) is 0 Å². The summed E-state index contributed by atoms with van der Waals surface area (Å²) in [7, 11) is -4.19. The third-order valence-electron chi connectivity index (χ3n) is 5.87. The van der Waals surface area contributed by atoms with Crippen molar-refractivity contribution in [3.8, 4) is 0 Å². The lowest BCUT2D eigenvalue weighted by Gasteiger charge is -2.26. The summed E-state index contributed by atoms with van der Waals surface area (Å²) in [6.07, 6.45) is 1.28. The molecule has 0 bridgehead atoms. The molecular weight excluding hydrogens is 489 g/mol. The Morgan fingerprint density at radius 1 is 1.19 bits per heavy atom. The zero-order chi connectivity index (χ0) is 23.4. The van der Waals surface area contributed by atoms with E-state index in [0.717, 1.165) is 29.2 Å². The number of benzene rings is 1. The van der Waals surface area contributed by atoms with Gasteiger partial charge in [0.25, 0.3) is 0 Å². The zero-order valence-corrected chi connectivity index (χ0v) is 18.6. The quantitative estimate of drug-likeness (QED) is 0.626. The first kappa shape index (κ1) is 22.9. The van der Waals surface area contributed by atoms with Crippen LogP contribution in [0.5, 0.6) is 0 Å². The number of likely N-dealkylation sites (tertiary alicyclic amines) is 1. The number of aliphatic carboxylic acids is 1. The van der Waals surface area contributed by atoms with Gasteiger partial charge in [0.1, 0.15) is 17.7 Å². The highest BCUT2D eigenvalue weighted by atomic mass is 35.5. The van der Waals surface area contributed by atoms with Crippen LogP contribution < -0.4 is 0 Å². The number of sulfone groups is 1. The maximum Gasteiger partial charge on any atom is 0.326 e. The Morgan fingerprint density at radius 3 is 2.44 bits per heavy atom. The Morgan fingerprint density at radius 2 is 1.88 bits per heavy atom. The van der Waals surface area contributed by atoms with Crippen molar-refractivity contribution in [2.75, 3.05) is 6.54 Å². The van der Waals surface area contributed by atoms with E-state index in [4.69, 9.17) is 23.2 Å². The van der Waals surface area contributed by atoms with Crippen molar-refractivity contribution in [2.45, 2.75) is 40.9 Å². The van der Waals surface area contributed by atoms with Gasteiger partial charge < -0.3 is 10.0 Å². The molecule has 0 radical (unpaired) electrons. The van der Waals surface area contributed by atoms with Crippen molar-refractivity contribution in [1.82, 2.24) is 9.88 Å². The molecule has 1 aromatic heterocycles. The first-order valence-corrected chi connectivity index (χ1v) is 11.8. The van der Waals surface area contributed by atoms with Gasteiger partial charge in [0, 0.05) is 12.7 Å². The molecule has 1 amide bonds. The summed E-state index contributed by atoms with van der Waals surface area (Å²) in [6.45, 7) is -0.428. The Balaban J connectivity index is 1.67. The molecule has 2 heterocycles. The molecule has 0 spiro atoms. The minimum absolute atomic E-state index is 0.0430. The fourth-order valence-electron chi connectivity index (χ4n) is 4.08. The van der Waals surface area contributed by atoms with Gasteiger partial charge in [-0.3, -0.25) is 9.78 Å². The molecule has 2 aromatic rings. The lowest BCUT2D eigenvalue weighted by molar-refractivity contribution is -0.149. The maximum absolute atomic E-state index is 14.5. The van der Waals surface area contributed by atoms with Crippen LogP contribution in [0.2, 0.25) is 10.0 Å². The summed E-state index contributed by atoms with van der Waals surface area (Å²) in [5.74, 6) is -3.62. The van der Waals surface area contributed by atoms with E-state index in [1.807, 2.05) is 0 Å². The van der Waals surface area contributed by atoms with Crippen LogP contribution in [0.15, 0.2) is 35.4 Å². The average molecular weight is 505 g/mol. The van der Waals surface area contributed by atoms with E-state index >= 15 is 0 Å². The SMILES string of the molecule is O=C(O)[C@@H]1C[C@H](S(=O)(=O)c2ccc(F)cc2Cl)CN1C(=O)C1(c2ncc(Cl)cc2F)CC1. The minimum Gasteiger partial charge on any atom is -0.480 e. The van der Waals surface area contributed by atoms with Crippen molar-refractivity contribution in [3.05, 3.63) is 57.8 Å². The van der Waals surface area contributed by atoms with Gasteiger partial charge in [0.2, 0.25) is 5.91 Å². The van der Waals surface area contributed by atoms with Crippen molar-refractivity contribution in [2.24, 2.45) is 0 Å². The van der Waals surface area contributed by atoms with Gasteiger partial charge in [-0.25, -0.2) is 22.0 Å². The first-order chi connectivity index (χ1) is 15.0. The number of carbonyl (C=O) groups is 2. The molecule has 2 aliphatic rings. The van der Waals surface area contributed by atoms with Crippen LogP contribution in [0.3, 0.4) is 0 Å². The molecule has 32 heavy (non-hydrogen) atoms. The van der Waals surface area contributed by atoms with Gasteiger partial charge >= 0.3 is 5.97 Å². The second-order valence-corrected chi connectivity index (χ2v) is 10.9. The molecule has 2 atom stereocenters. The molecule has 0 unspecified atom stereocenters. The number of hydrogen-bond acceptors (Lipinski definition) is 5. The molecule has 4 rings (SSSR count). The number of hydrogen-bond donors (Lipinski definition) is 1. The Labute approximate surface area is 191 Å². The van der Waals surface area contributed by atoms with Crippen LogP contribution in [0, 0.1) is 11.6 Å². The van der Waals surface area contributed by atoms with Crippen LogP contribution in [0.25, 0.3) is 0 Å². The molecular formula is C20H16Cl2F2N2O5S. The van der Waals surface area contributed by atoms with Gasteiger partial charge in [-0.05, 0) is 43.5 Å². The fourth-order valence-corrected chi connectivity index (χ4v) is 6.46. The average Bonchev–Trinajstić information content (AvgIpc) is 3.36. The smallest absolute Gasteiger partial charge is 0.326 e. The fraction of sp³-hybridized carbons (Fsp3) is 0.350. The largest absolute Gasteiger partial charge is 0.480 e. The number of nitrogens with zero attached hydrogens (tertiary/aromatic N) is 2. The van der Waals surface area contributed by atoms with E-state index in [1.54, 1.807) is 0 Å². The summed E-state index contributed by atoms with van der Waals surface area (Å²) < 4.78 is 54.0. The van der Waals surface area contributed by atoms with E-state index in [9.17, 15) is 31.9 Å². The number of amides is 1. The molecule has 7 nitrogen and oxygen atoms in total. The van der Waals surface area contributed by atoms with Gasteiger partial charge in [-0.2, -0.15) is 0 Å². The van der Waals surface area contributed by atoms with Crippen molar-refractivity contribution < 1.29 is 31.9 Å². The van der Waals surface area contributed by atoms with Crippen molar-refractivity contribution >= 4 is 44.9 Å². The molecule has 12 heteroatoms. The highest BCUT2D eigenvalue weighted by Gasteiger charge is 2.59. The normalized spacial score (nSPS) is 22.1. The summed E-state index contributed by atoms with van der Waals surface area (Å²) >= 11 is 11.6. The zero-order valence-electron chi connectivity index (χ0n) is 16.3. The van der Waals surface area contributed by atoms with Gasteiger partial charge in [0.05, 0.1) is 31.3 Å². The summed E-state index contributed by atoms with van der Waals surface area (Å²) in [5.41, 5.74) is -1.52. The summed E-state index contributed by atoms with van der Waals surface area (Å²) in [5, 5.41) is 8.07. The van der Waals surface area contributed by atoms with E-state index in [1.165, 1.54) is 6.20 Å². The highest BCUT2D eigenvalue weighted by molar-refractivity contribution is 7.92.